The summed E-state index contributed by atoms with van der Waals surface area (Å²) in [6, 6.07) is 21.0. The maximum atomic E-state index is 4.73. The highest BCUT2D eigenvalue weighted by atomic mass is 33.1. The minimum absolute atomic E-state index is 0.890. The van der Waals surface area contributed by atoms with Crippen molar-refractivity contribution in [2.45, 2.75) is 21.5 Å². The normalized spacial score (nSPS) is 10.9. The van der Waals surface area contributed by atoms with E-state index in [1.165, 1.54) is 11.1 Å². The maximum absolute atomic E-state index is 4.73. The van der Waals surface area contributed by atoms with Crippen molar-refractivity contribution in [1.29, 1.82) is 0 Å². The molecule has 0 unspecified atom stereocenters. The minimum Gasteiger partial charge on any atom is -0.233 e. The molecule has 0 aliphatic heterocycles. The summed E-state index contributed by atoms with van der Waals surface area (Å²) in [6.45, 7) is 0. The van der Waals surface area contributed by atoms with Gasteiger partial charge in [0.05, 0.1) is 11.4 Å². The summed E-state index contributed by atoms with van der Waals surface area (Å²) in [5.41, 5.74) is 4.86. The van der Waals surface area contributed by atoms with Crippen LogP contribution in [0.4, 0.5) is 0 Å². The molecule has 2 heterocycles. The van der Waals surface area contributed by atoms with E-state index < -0.39 is 0 Å². The quantitative estimate of drug-likeness (QED) is 0.320. The molecule has 0 saturated carbocycles. The number of rotatable bonds is 7. The molecular formula is C20H16N2S4. The van der Waals surface area contributed by atoms with Gasteiger partial charge in [-0.15, -0.1) is 22.7 Å². The lowest BCUT2D eigenvalue weighted by molar-refractivity contribution is 1.06. The Morgan fingerprint density at radius 1 is 0.615 bits per heavy atom. The molecule has 0 amide bonds. The molecule has 2 aromatic heterocycles. The lowest BCUT2D eigenvalue weighted by atomic mass is 10.1. The van der Waals surface area contributed by atoms with Crippen molar-refractivity contribution in [2.75, 3.05) is 0 Å². The molecule has 2 nitrogen and oxygen atoms in total. The number of nitrogens with zero attached hydrogens (tertiary/aromatic N) is 2. The number of hydrogen-bond acceptors (Lipinski definition) is 6. The molecule has 0 radical (unpaired) electrons. The summed E-state index contributed by atoms with van der Waals surface area (Å²) in [5, 5.41) is 4.30. The molecule has 4 aromatic rings. The van der Waals surface area contributed by atoms with Gasteiger partial charge in [-0.05, 0) is 32.7 Å². The van der Waals surface area contributed by atoms with E-state index in [0.717, 1.165) is 32.9 Å². The van der Waals surface area contributed by atoms with Crippen LogP contribution in [0.2, 0.25) is 0 Å². The first-order valence-corrected chi connectivity index (χ1v) is 12.1. The molecule has 0 bridgehead atoms. The van der Waals surface area contributed by atoms with Crippen LogP contribution in [-0.4, -0.2) is 9.97 Å². The molecule has 0 aliphatic carbocycles. The average molecular weight is 413 g/mol. The van der Waals surface area contributed by atoms with Gasteiger partial charge in [0, 0.05) is 23.6 Å². The van der Waals surface area contributed by atoms with Crippen molar-refractivity contribution in [3.05, 3.63) is 93.9 Å². The summed E-state index contributed by atoms with van der Waals surface area (Å²) in [4.78, 5) is 9.47. The van der Waals surface area contributed by atoms with E-state index in [9.17, 15) is 0 Å². The minimum atomic E-state index is 0.890. The zero-order valence-corrected chi connectivity index (χ0v) is 17.1. The zero-order chi connectivity index (χ0) is 17.6. The van der Waals surface area contributed by atoms with Gasteiger partial charge < -0.3 is 0 Å². The van der Waals surface area contributed by atoms with Gasteiger partial charge in [-0.2, -0.15) is 0 Å². The average Bonchev–Trinajstić information content (AvgIpc) is 3.31. The predicted octanol–water partition coefficient (Wildman–Crippen LogP) is 6.58. The van der Waals surface area contributed by atoms with Crippen LogP contribution in [0.25, 0.3) is 0 Å². The van der Waals surface area contributed by atoms with Crippen molar-refractivity contribution in [3.63, 3.8) is 0 Å². The monoisotopic (exact) mass is 412 g/mol. The van der Waals surface area contributed by atoms with Crippen molar-refractivity contribution >= 4 is 44.3 Å². The summed E-state index contributed by atoms with van der Waals surface area (Å²) < 4.78 is 2.17. The van der Waals surface area contributed by atoms with E-state index in [1.807, 2.05) is 12.1 Å². The molecule has 4 rings (SSSR count). The first-order valence-electron chi connectivity index (χ1n) is 8.16. The van der Waals surface area contributed by atoms with E-state index in [-0.39, 0.29) is 0 Å². The Bertz CT molecular complexity index is 868. The van der Waals surface area contributed by atoms with Crippen LogP contribution in [-0.2, 0) is 12.8 Å². The Morgan fingerprint density at radius 2 is 1.04 bits per heavy atom. The number of hydrogen-bond donors (Lipinski definition) is 0. The van der Waals surface area contributed by atoms with Crippen molar-refractivity contribution in [1.82, 2.24) is 9.97 Å². The van der Waals surface area contributed by atoms with Gasteiger partial charge in [0.15, 0.2) is 8.68 Å². The molecule has 0 aliphatic rings. The van der Waals surface area contributed by atoms with Gasteiger partial charge >= 0.3 is 0 Å². The first-order chi connectivity index (χ1) is 12.8. The Hall–Kier alpha value is -1.60. The Morgan fingerprint density at radius 3 is 1.46 bits per heavy atom. The SMILES string of the molecule is c1ccc(Cc2csc(SSc3nc(Cc4ccccc4)cs3)n2)cc1. The van der Waals surface area contributed by atoms with E-state index in [2.05, 4.69) is 59.3 Å². The fourth-order valence-corrected chi connectivity index (χ4v) is 6.61. The van der Waals surface area contributed by atoms with Gasteiger partial charge in [0.2, 0.25) is 0 Å². The van der Waals surface area contributed by atoms with Crippen LogP contribution in [0.15, 0.2) is 80.1 Å². The standard InChI is InChI=1S/C20H16N2S4/c1-3-7-15(8-4-1)11-17-13-23-19(21-17)25-26-20-22-18(14-24-20)12-16-9-5-2-6-10-16/h1-10,13-14H,11-12H2. The predicted molar refractivity (Wildman–Crippen MR) is 114 cm³/mol. The summed E-state index contributed by atoms with van der Waals surface area (Å²) in [7, 11) is 3.39. The molecule has 6 heteroatoms. The second-order valence-corrected chi connectivity index (χ2v) is 10.0. The van der Waals surface area contributed by atoms with Crippen LogP contribution in [0, 0.1) is 0 Å². The molecule has 0 N–H and O–H groups in total. The van der Waals surface area contributed by atoms with E-state index in [1.54, 1.807) is 44.3 Å². The van der Waals surface area contributed by atoms with Crippen LogP contribution in [0.1, 0.15) is 22.5 Å². The molecule has 0 saturated heterocycles. The van der Waals surface area contributed by atoms with Crippen LogP contribution in [0.5, 0.6) is 0 Å². The molecule has 130 valence electrons. The lowest BCUT2D eigenvalue weighted by Gasteiger charge is -1.97. The summed E-state index contributed by atoms with van der Waals surface area (Å²) in [6.07, 6.45) is 1.78. The third-order valence-electron chi connectivity index (χ3n) is 3.70. The van der Waals surface area contributed by atoms with E-state index in [0.29, 0.717) is 0 Å². The molecule has 0 fully saturated rings. The van der Waals surface area contributed by atoms with Crippen LogP contribution >= 0.6 is 44.3 Å². The number of thiazole rings is 2. The largest absolute Gasteiger partial charge is 0.233 e. The fraction of sp³-hybridized carbons (Fsp3) is 0.100. The molecule has 2 aromatic carbocycles. The maximum Gasteiger partial charge on any atom is 0.161 e. The second-order valence-electron chi connectivity index (χ2n) is 5.70. The van der Waals surface area contributed by atoms with Crippen LogP contribution in [0.3, 0.4) is 0 Å². The van der Waals surface area contributed by atoms with Gasteiger partial charge in [-0.25, -0.2) is 9.97 Å². The number of benzene rings is 2. The van der Waals surface area contributed by atoms with Crippen molar-refractivity contribution in [3.8, 4) is 0 Å². The van der Waals surface area contributed by atoms with Crippen molar-refractivity contribution < 1.29 is 0 Å². The summed E-state index contributed by atoms with van der Waals surface area (Å²) in [5.74, 6) is 0. The van der Waals surface area contributed by atoms with Crippen molar-refractivity contribution in [2.24, 2.45) is 0 Å². The van der Waals surface area contributed by atoms with Crippen LogP contribution < -0.4 is 0 Å². The highest BCUT2D eigenvalue weighted by Gasteiger charge is 2.08. The van der Waals surface area contributed by atoms with Gasteiger partial charge in [0.1, 0.15) is 0 Å². The Labute approximate surface area is 169 Å². The molecule has 26 heavy (non-hydrogen) atoms. The smallest absolute Gasteiger partial charge is 0.161 e. The Balaban J connectivity index is 1.32. The number of aromatic nitrogens is 2. The third-order valence-corrected chi connectivity index (χ3v) is 8.53. The fourth-order valence-electron chi connectivity index (χ4n) is 2.50. The van der Waals surface area contributed by atoms with E-state index >= 15 is 0 Å². The van der Waals surface area contributed by atoms with Gasteiger partial charge in [-0.3, -0.25) is 0 Å². The first kappa shape index (κ1) is 17.8. The molecular weight excluding hydrogens is 397 g/mol. The Kier molecular flexibility index (Phi) is 6.07. The van der Waals surface area contributed by atoms with Gasteiger partial charge in [0.25, 0.3) is 0 Å². The molecule has 0 spiro atoms. The molecule has 0 atom stereocenters. The zero-order valence-electron chi connectivity index (χ0n) is 13.9. The second kappa shape index (κ2) is 8.86. The van der Waals surface area contributed by atoms with Gasteiger partial charge in [-0.1, -0.05) is 60.7 Å². The third kappa shape index (κ3) is 4.98. The highest BCUT2D eigenvalue weighted by Crippen LogP contribution is 2.40. The topological polar surface area (TPSA) is 25.8 Å². The summed E-state index contributed by atoms with van der Waals surface area (Å²) >= 11 is 3.41. The van der Waals surface area contributed by atoms with E-state index in [4.69, 9.17) is 9.97 Å². The lowest BCUT2D eigenvalue weighted by Crippen LogP contribution is -1.87. The highest BCUT2D eigenvalue weighted by molar-refractivity contribution is 8.77.